The molecule has 0 saturated carbocycles. The summed E-state index contributed by atoms with van der Waals surface area (Å²) >= 11 is 0. The number of primary sulfonamides is 1. The lowest BCUT2D eigenvalue weighted by atomic mass is 9.97. The lowest BCUT2D eigenvalue weighted by molar-refractivity contribution is 0.0966. The fourth-order valence-electron chi connectivity index (χ4n) is 4.46. The van der Waals surface area contributed by atoms with E-state index in [0.717, 1.165) is 17.4 Å². The minimum atomic E-state index is -4.05. The quantitative estimate of drug-likeness (QED) is 0.377. The maximum absolute atomic E-state index is 15.3. The Labute approximate surface area is 207 Å². The molecule has 11 heteroatoms. The summed E-state index contributed by atoms with van der Waals surface area (Å²) in [5.41, 5.74) is 9.35. The topological polar surface area (TPSA) is 146 Å². The lowest BCUT2D eigenvalue weighted by Crippen LogP contribution is -2.21. The number of pyridine rings is 1. The van der Waals surface area contributed by atoms with E-state index in [-0.39, 0.29) is 29.2 Å². The molecule has 2 aromatic carbocycles. The Bertz CT molecular complexity index is 1580. The molecule has 3 heterocycles. The molecule has 36 heavy (non-hydrogen) atoms. The third-order valence-corrected chi connectivity index (χ3v) is 7.15. The number of carbonyl (C=O) groups is 1. The molecule has 5 rings (SSSR count). The number of carbonyl (C=O) groups excluding carboxylic acids is 1. The van der Waals surface area contributed by atoms with Crippen LogP contribution in [0.25, 0.3) is 16.8 Å². The fourth-order valence-corrected chi connectivity index (χ4v) is 5.16. The average Bonchev–Trinajstić information content (AvgIpc) is 3.23. The van der Waals surface area contributed by atoms with Gasteiger partial charge in [-0.15, -0.1) is 0 Å². The summed E-state index contributed by atoms with van der Waals surface area (Å²) in [6.07, 6.45) is 4.16. The van der Waals surface area contributed by atoms with E-state index < -0.39 is 21.9 Å². The summed E-state index contributed by atoms with van der Waals surface area (Å²) in [6, 6.07) is 12.8. The molecule has 0 spiro atoms. The number of aromatic nitrogens is 3. The highest BCUT2D eigenvalue weighted by molar-refractivity contribution is 7.89. The zero-order valence-electron chi connectivity index (χ0n) is 19.1. The second-order valence-corrected chi connectivity index (χ2v) is 10.0. The standard InChI is InChI=1S/C25H23FN6O3S/c26-20-9-16(18-6-7-29-13-24(18)36(28,34)35)4-5-19(20)21-10-23(33)25-22(12-30-21)31-14-32(25)17-3-1-2-15(8-17)11-27/h1-9,13-14,21,30H,10-12,27H2,(H2,28,34,35). The number of ketones is 1. The second kappa shape index (κ2) is 9.36. The van der Waals surface area contributed by atoms with Gasteiger partial charge >= 0.3 is 0 Å². The van der Waals surface area contributed by atoms with Crippen LogP contribution >= 0.6 is 0 Å². The van der Waals surface area contributed by atoms with E-state index in [1.165, 1.54) is 18.3 Å². The monoisotopic (exact) mass is 506 g/mol. The number of nitrogens with zero attached hydrogens (tertiary/aromatic N) is 3. The molecule has 9 nitrogen and oxygen atoms in total. The highest BCUT2D eigenvalue weighted by Crippen LogP contribution is 2.32. The minimum Gasteiger partial charge on any atom is -0.326 e. The zero-order valence-corrected chi connectivity index (χ0v) is 19.9. The summed E-state index contributed by atoms with van der Waals surface area (Å²) in [5, 5.41) is 8.52. The van der Waals surface area contributed by atoms with Crippen molar-refractivity contribution >= 4 is 15.8 Å². The maximum atomic E-state index is 15.3. The van der Waals surface area contributed by atoms with Crippen molar-refractivity contribution in [2.45, 2.75) is 30.4 Å². The first-order valence-corrected chi connectivity index (χ1v) is 12.7. The van der Waals surface area contributed by atoms with Crippen molar-refractivity contribution in [1.29, 1.82) is 0 Å². The van der Waals surface area contributed by atoms with E-state index in [0.29, 0.717) is 29.1 Å². The van der Waals surface area contributed by atoms with Gasteiger partial charge in [0.05, 0.1) is 5.69 Å². The number of halogens is 1. The molecule has 2 aromatic heterocycles. The van der Waals surface area contributed by atoms with Crippen LogP contribution in [0.2, 0.25) is 0 Å². The Morgan fingerprint density at radius 3 is 2.75 bits per heavy atom. The number of nitrogens with two attached hydrogens (primary N) is 2. The highest BCUT2D eigenvalue weighted by Gasteiger charge is 2.29. The van der Waals surface area contributed by atoms with Crippen molar-refractivity contribution in [3.8, 4) is 16.8 Å². The number of benzene rings is 2. The predicted octanol–water partition coefficient (Wildman–Crippen LogP) is 2.60. The molecular formula is C25H23FN6O3S. The summed E-state index contributed by atoms with van der Waals surface area (Å²) in [5.74, 6) is -0.752. The Balaban J connectivity index is 1.45. The van der Waals surface area contributed by atoms with Crippen molar-refractivity contribution in [2.24, 2.45) is 10.9 Å². The Morgan fingerprint density at radius 1 is 1.17 bits per heavy atom. The summed E-state index contributed by atoms with van der Waals surface area (Å²) < 4.78 is 40.9. The van der Waals surface area contributed by atoms with Crippen LogP contribution in [0.1, 0.15) is 39.8 Å². The molecule has 184 valence electrons. The average molecular weight is 507 g/mol. The SMILES string of the molecule is NCc1cccc(-n2cnc3c2C(=O)CC(c2ccc(-c4ccncc4S(N)(=O)=O)cc2F)NC3)c1. The van der Waals surface area contributed by atoms with Crippen molar-refractivity contribution in [3.05, 3.63) is 95.6 Å². The molecule has 1 aliphatic heterocycles. The van der Waals surface area contributed by atoms with Gasteiger partial charge in [-0.3, -0.25) is 14.3 Å². The molecule has 5 N–H and O–H groups in total. The number of hydrogen-bond acceptors (Lipinski definition) is 7. The summed E-state index contributed by atoms with van der Waals surface area (Å²) in [7, 11) is -4.05. The van der Waals surface area contributed by atoms with Crippen molar-refractivity contribution in [2.75, 3.05) is 0 Å². The number of fused-ring (bicyclic) bond motifs is 1. The number of Topliss-reactive ketones (excluding diaryl/α,β-unsaturated/α-hetero) is 1. The van der Waals surface area contributed by atoms with Crippen LogP contribution in [0.15, 0.2) is 72.1 Å². The molecule has 0 fully saturated rings. The van der Waals surface area contributed by atoms with Crippen LogP contribution in [0.4, 0.5) is 4.39 Å². The normalized spacial score (nSPS) is 16.0. The van der Waals surface area contributed by atoms with Crippen LogP contribution in [0.5, 0.6) is 0 Å². The van der Waals surface area contributed by atoms with Gasteiger partial charge in [-0.2, -0.15) is 0 Å². The van der Waals surface area contributed by atoms with Gasteiger partial charge in [0, 0.05) is 54.8 Å². The molecular weight excluding hydrogens is 483 g/mol. The number of rotatable bonds is 5. The summed E-state index contributed by atoms with van der Waals surface area (Å²) in [6.45, 7) is 0.645. The molecule has 1 atom stereocenters. The third-order valence-electron chi connectivity index (χ3n) is 6.22. The molecule has 0 bridgehead atoms. The first-order chi connectivity index (χ1) is 17.3. The smallest absolute Gasteiger partial charge is 0.240 e. The van der Waals surface area contributed by atoms with Gasteiger partial charge in [-0.25, -0.2) is 22.9 Å². The first kappa shape index (κ1) is 23.9. The largest absolute Gasteiger partial charge is 0.326 e. The van der Waals surface area contributed by atoms with Crippen molar-refractivity contribution in [1.82, 2.24) is 19.9 Å². The first-order valence-electron chi connectivity index (χ1n) is 11.1. The molecule has 1 aliphatic rings. The Morgan fingerprint density at radius 2 is 2.00 bits per heavy atom. The van der Waals surface area contributed by atoms with Crippen LogP contribution < -0.4 is 16.2 Å². The van der Waals surface area contributed by atoms with Gasteiger partial charge in [0.2, 0.25) is 10.0 Å². The minimum absolute atomic E-state index is 0.0171. The van der Waals surface area contributed by atoms with E-state index in [9.17, 15) is 13.2 Å². The van der Waals surface area contributed by atoms with Gasteiger partial charge in [0.15, 0.2) is 5.78 Å². The molecule has 0 aliphatic carbocycles. The van der Waals surface area contributed by atoms with Crippen LogP contribution in [-0.4, -0.2) is 28.7 Å². The van der Waals surface area contributed by atoms with E-state index in [1.807, 2.05) is 24.3 Å². The predicted molar refractivity (Wildman–Crippen MR) is 131 cm³/mol. The zero-order chi connectivity index (χ0) is 25.4. The lowest BCUT2D eigenvalue weighted by Gasteiger charge is -2.17. The fraction of sp³-hybridized carbons (Fsp3) is 0.160. The van der Waals surface area contributed by atoms with Gasteiger partial charge in [-0.05, 0) is 35.4 Å². The van der Waals surface area contributed by atoms with E-state index >= 15 is 4.39 Å². The molecule has 0 amide bonds. The number of imidazole rings is 1. The Kier molecular flexibility index (Phi) is 6.22. The van der Waals surface area contributed by atoms with Crippen LogP contribution in [0, 0.1) is 5.82 Å². The number of sulfonamides is 1. The number of nitrogens with one attached hydrogen (secondary N) is 1. The molecule has 1 unspecified atom stereocenters. The van der Waals surface area contributed by atoms with Crippen LogP contribution in [-0.2, 0) is 23.1 Å². The van der Waals surface area contributed by atoms with Crippen molar-refractivity contribution < 1.29 is 17.6 Å². The molecule has 0 radical (unpaired) electrons. The number of hydrogen-bond donors (Lipinski definition) is 3. The van der Waals surface area contributed by atoms with Crippen molar-refractivity contribution in [3.63, 3.8) is 0 Å². The molecule has 0 saturated heterocycles. The maximum Gasteiger partial charge on any atom is 0.240 e. The highest BCUT2D eigenvalue weighted by atomic mass is 32.2. The van der Waals surface area contributed by atoms with Gasteiger partial charge in [0.1, 0.15) is 22.7 Å². The van der Waals surface area contributed by atoms with E-state index in [2.05, 4.69) is 15.3 Å². The second-order valence-electron chi connectivity index (χ2n) is 8.50. The van der Waals surface area contributed by atoms with Gasteiger partial charge in [-0.1, -0.05) is 24.3 Å². The third kappa shape index (κ3) is 4.44. The van der Waals surface area contributed by atoms with Gasteiger partial charge in [0.25, 0.3) is 0 Å². The Hall–Kier alpha value is -3.77. The molecule has 4 aromatic rings. The van der Waals surface area contributed by atoms with E-state index in [1.54, 1.807) is 23.0 Å². The van der Waals surface area contributed by atoms with Gasteiger partial charge < -0.3 is 11.1 Å². The van der Waals surface area contributed by atoms with E-state index in [4.69, 9.17) is 10.9 Å². The van der Waals surface area contributed by atoms with Crippen LogP contribution in [0.3, 0.4) is 0 Å². The summed E-state index contributed by atoms with van der Waals surface area (Å²) in [4.78, 5) is 21.3.